The van der Waals surface area contributed by atoms with E-state index < -0.39 is 12.1 Å². The van der Waals surface area contributed by atoms with Gasteiger partial charge in [0.05, 0.1) is 12.1 Å². The van der Waals surface area contributed by atoms with Crippen LogP contribution in [0.4, 0.5) is 10.6 Å². The Morgan fingerprint density at radius 2 is 1.94 bits per heavy atom. The van der Waals surface area contributed by atoms with Crippen LogP contribution in [-0.4, -0.2) is 59.4 Å². The lowest BCUT2D eigenvalue weighted by molar-refractivity contribution is 0.0512. The van der Waals surface area contributed by atoms with Crippen molar-refractivity contribution in [3.05, 3.63) is 52.9 Å². The minimum absolute atomic E-state index is 0.0537. The molecule has 1 aliphatic heterocycles. The third-order valence-electron chi connectivity index (χ3n) is 5.82. The Labute approximate surface area is 202 Å². The van der Waals surface area contributed by atoms with Gasteiger partial charge in [0, 0.05) is 42.2 Å². The number of nitrogens with zero attached hydrogens (tertiary/aromatic N) is 4. The highest BCUT2D eigenvalue weighted by atomic mass is 35.5. The van der Waals surface area contributed by atoms with Crippen LogP contribution in [0.3, 0.4) is 0 Å². The number of carbonyl (C=O) groups excluding carboxylic acids is 2. The van der Waals surface area contributed by atoms with Crippen molar-refractivity contribution in [2.45, 2.75) is 39.3 Å². The predicted octanol–water partition coefficient (Wildman–Crippen LogP) is 4.68. The summed E-state index contributed by atoms with van der Waals surface area (Å²) in [4.78, 5) is 33.1. The fraction of sp³-hybridized carbons (Fsp3) is 0.417. The van der Waals surface area contributed by atoms with E-state index in [1.165, 1.54) is 6.07 Å². The molecular formula is C24H27ClN4O5. The number of piperidine rings is 1. The van der Waals surface area contributed by atoms with Crippen molar-refractivity contribution in [1.29, 1.82) is 0 Å². The topological polar surface area (TPSA) is 98.0 Å². The number of fused-ring (bicyclic) bond motifs is 1. The van der Waals surface area contributed by atoms with Crippen molar-refractivity contribution in [2.24, 2.45) is 0 Å². The summed E-state index contributed by atoms with van der Waals surface area (Å²) in [6.45, 7) is 5.87. The van der Waals surface area contributed by atoms with E-state index in [2.05, 4.69) is 10.1 Å². The van der Waals surface area contributed by atoms with Gasteiger partial charge in [-0.1, -0.05) is 16.8 Å². The zero-order valence-electron chi connectivity index (χ0n) is 19.2. The standard InChI is InChI=1S/C24H27ClN4O5/c1-3-29(24(31)33-15-19-14-21(27-34-19)23(30)32-4-2)18-9-11-28(12-10-18)22-8-5-16-13-17(25)6-7-20(16)26-22/h5-8,13-14,18H,3-4,9-12,15H2,1-2H3. The lowest BCUT2D eigenvalue weighted by atomic mass is 10.0. The number of aromatic nitrogens is 2. The number of ether oxygens (including phenoxy) is 2. The highest BCUT2D eigenvalue weighted by molar-refractivity contribution is 6.31. The Bertz CT molecular complexity index is 1160. The van der Waals surface area contributed by atoms with Gasteiger partial charge in [0.2, 0.25) is 0 Å². The largest absolute Gasteiger partial charge is 0.461 e. The van der Waals surface area contributed by atoms with Crippen molar-refractivity contribution in [2.75, 3.05) is 31.1 Å². The molecule has 1 amide bonds. The number of benzene rings is 1. The summed E-state index contributed by atoms with van der Waals surface area (Å²) in [5, 5.41) is 5.35. The van der Waals surface area contributed by atoms with Gasteiger partial charge in [-0.05, 0) is 57.0 Å². The molecule has 3 aromatic rings. The Morgan fingerprint density at radius 1 is 1.15 bits per heavy atom. The van der Waals surface area contributed by atoms with Crippen LogP contribution < -0.4 is 4.90 Å². The van der Waals surface area contributed by atoms with Crippen molar-refractivity contribution in [1.82, 2.24) is 15.0 Å². The first-order valence-corrected chi connectivity index (χ1v) is 11.7. The lowest BCUT2D eigenvalue weighted by Crippen LogP contribution is -2.47. The van der Waals surface area contributed by atoms with E-state index in [9.17, 15) is 9.59 Å². The zero-order chi connectivity index (χ0) is 24.1. The molecule has 0 aliphatic carbocycles. The van der Waals surface area contributed by atoms with E-state index in [1.54, 1.807) is 11.8 Å². The molecule has 0 bridgehead atoms. The molecule has 2 aromatic heterocycles. The number of anilines is 1. The van der Waals surface area contributed by atoms with Gasteiger partial charge in [0.25, 0.3) is 0 Å². The van der Waals surface area contributed by atoms with Gasteiger partial charge < -0.3 is 23.8 Å². The summed E-state index contributed by atoms with van der Waals surface area (Å²) in [5.41, 5.74) is 0.958. The summed E-state index contributed by atoms with van der Waals surface area (Å²) in [7, 11) is 0. The smallest absolute Gasteiger partial charge is 0.410 e. The first-order chi connectivity index (χ1) is 16.5. The Hall–Kier alpha value is -3.33. The number of hydrogen-bond donors (Lipinski definition) is 0. The van der Waals surface area contributed by atoms with Gasteiger partial charge in [0.1, 0.15) is 5.82 Å². The normalized spacial score (nSPS) is 14.3. The molecule has 0 saturated carbocycles. The molecule has 0 atom stereocenters. The molecule has 1 fully saturated rings. The Kier molecular flexibility index (Phi) is 7.52. The molecule has 0 radical (unpaired) electrons. The second-order valence-corrected chi connectivity index (χ2v) is 8.40. The van der Waals surface area contributed by atoms with Crippen LogP contribution in [0, 0.1) is 0 Å². The van der Waals surface area contributed by atoms with E-state index in [0.717, 1.165) is 42.7 Å². The number of halogens is 1. The van der Waals surface area contributed by atoms with Crippen molar-refractivity contribution in [3.8, 4) is 0 Å². The molecule has 10 heteroatoms. The molecular weight excluding hydrogens is 460 g/mol. The third-order valence-corrected chi connectivity index (χ3v) is 6.06. The SMILES string of the molecule is CCOC(=O)c1cc(COC(=O)N(CC)C2CCN(c3ccc4cc(Cl)ccc4n3)CC2)on1. The molecule has 4 rings (SSSR count). The Morgan fingerprint density at radius 3 is 2.68 bits per heavy atom. The van der Waals surface area contributed by atoms with E-state index in [0.29, 0.717) is 11.6 Å². The number of pyridine rings is 1. The molecule has 0 spiro atoms. The minimum atomic E-state index is -0.574. The summed E-state index contributed by atoms with van der Waals surface area (Å²) >= 11 is 6.07. The van der Waals surface area contributed by atoms with Crippen LogP contribution in [-0.2, 0) is 16.1 Å². The van der Waals surface area contributed by atoms with Gasteiger partial charge >= 0.3 is 12.1 Å². The maximum Gasteiger partial charge on any atom is 0.410 e. The third kappa shape index (κ3) is 5.41. The summed E-state index contributed by atoms with van der Waals surface area (Å²) in [6, 6.07) is 11.2. The first-order valence-electron chi connectivity index (χ1n) is 11.4. The number of carbonyl (C=O) groups is 2. The van der Waals surface area contributed by atoms with Gasteiger partial charge in [0.15, 0.2) is 18.1 Å². The predicted molar refractivity (Wildman–Crippen MR) is 127 cm³/mol. The van der Waals surface area contributed by atoms with Crippen molar-refractivity contribution in [3.63, 3.8) is 0 Å². The molecule has 34 heavy (non-hydrogen) atoms. The van der Waals surface area contributed by atoms with E-state index in [1.807, 2.05) is 37.3 Å². The summed E-state index contributed by atoms with van der Waals surface area (Å²) in [5.74, 6) is 0.628. The number of esters is 1. The minimum Gasteiger partial charge on any atom is -0.461 e. The molecule has 0 unspecified atom stereocenters. The van der Waals surface area contributed by atoms with E-state index >= 15 is 0 Å². The van der Waals surface area contributed by atoms with E-state index in [-0.39, 0.29) is 30.7 Å². The van der Waals surface area contributed by atoms with Crippen LogP contribution >= 0.6 is 11.6 Å². The Balaban J connectivity index is 1.31. The highest BCUT2D eigenvalue weighted by Gasteiger charge is 2.29. The molecule has 3 heterocycles. The summed E-state index contributed by atoms with van der Waals surface area (Å²) < 4.78 is 15.4. The summed E-state index contributed by atoms with van der Waals surface area (Å²) in [6.07, 6.45) is 1.19. The highest BCUT2D eigenvalue weighted by Crippen LogP contribution is 2.25. The molecule has 1 aliphatic rings. The van der Waals surface area contributed by atoms with Gasteiger partial charge in [-0.3, -0.25) is 0 Å². The van der Waals surface area contributed by atoms with Gasteiger partial charge in [-0.2, -0.15) is 0 Å². The first kappa shape index (κ1) is 23.8. The number of amides is 1. The molecule has 1 aromatic carbocycles. The van der Waals surface area contributed by atoms with Crippen LogP contribution in [0.5, 0.6) is 0 Å². The maximum atomic E-state index is 12.7. The number of hydrogen-bond acceptors (Lipinski definition) is 8. The maximum absolute atomic E-state index is 12.7. The molecule has 1 saturated heterocycles. The van der Waals surface area contributed by atoms with Gasteiger partial charge in [-0.15, -0.1) is 0 Å². The fourth-order valence-electron chi connectivity index (χ4n) is 4.10. The quantitative estimate of drug-likeness (QED) is 0.444. The van der Waals surface area contributed by atoms with Crippen molar-refractivity contribution < 1.29 is 23.6 Å². The molecule has 9 nitrogen and oxygen atoms in total. The molecule has 180 valence electrons. The van der Waals surface area contributed by atoms with Crippen LogP contribution in [0.1, 0.15) is 42.9 Å². The number of rotatable bonds is 7. The second-order valence-electron chi connectivity index (χ2n) is 7.96. The van der Waals surface area contributed by atoms with Crippen LogP contribution in [0.2, 0.25) is 5.02 Å². The van der Waals surface area contributed by atoms with Crippen LogP contribution in [0.15, 0.2) is 40.9 Å². The van der Waals surface area contributed by atoms with Gasteiger partial charge in [-0.25, -0.2) is 14.6 Å². The zero-order valence-corrected chi connectivity index (χ0v) is 20.0. The van der Waals surface area contributed by atoms with Crippen LogP contribution in [0.25, 0.3) is 10.9 Å². The molecule has 0 N–H and O–H groups in total. The monoisotopic (exact) mass is 486 g/mol. The van der Waals surface area contributed by atoms with E-state index in [4.69, 9.17) is 30.6 Å². The second kappa shape index (κ2) is 10.7. The average Bonchev–Trinajstić information content (AvgIpc) is 3.33. The van der Waals surface area contributed by atoms with Crippen molar-refractivity contribution >= 4 is 40.4 Å². The fourth-order valence-corrected chi connectivity index (χ4v) is 4.28. The lowest BCUT2D eigenvalue weighted by Gasteiger charge is -2.38. The average molecular weight is 487 g/mol.